The molecule has 0 heterocycles. The van der Waals surface area contributed by atoms with Gasteiger partial charge in [0.25, 0.3) is 0 Å². The van der Waals surface area contributed by atoms with Crippen molar-refractivity contribution in [2.24, 2.45) is 0 Å². The van der Waals surface area contributed by atoms with Crippen LogP contribution in [0.15, 0.2) is 24.3 Å². The van der Waals surface area contributed by atoms with E-state index < -0.39 is 5.97 Å². The minimum Gasteiger partial charge on any atom is -0.478 e. The minimum absolute atomic E-state index is 0.0636. The largest absolute Gasteiger partial charge is 0.478 e. The Morgan fingerprint density at radius 1 is 1.26 bits per heavy atom. The molecule has 1 amide bonds. The van der Waals surface area contributed by atoms with E-state index in [1.807, 2.05) is 0 Å². The monoisotopic (exact) mass is 263 g/mol. The third-order valence-corrected chi connectivity index (χ3v) is 3.13. The highest BCUT2D eigenvalue weighted by Crippen LogP contribution is 2.12. The van der Waals surface area contributed by atoms with Crippen LogP contribution in [0.2, 0.25) is 0 Å². The molecule has 1 aromatic rings. The second kappa shape index (κ2) is 7.56. The first-order chi connectivity index (χ1) is 9.06. The Bertz CT molecular complexity index is 443. The van der Waals surface area contributed by atoms with E-state index in [1.165, 1.54) is 0 Å². The van der Waals surface area contributed by atoms with Gasteiger partial charge >= 0.3 is 5.97 Å². The van der Waals surface area contributed by atoms with Crippen molar-refractivity contribution in [3.63, 3.8) is 0 Å². The summed E-state index contributed by atoms with van der Waals surface area (Å²) in [5.74, 6) is -0.879. The molecule has 1 aromatic carbocycles. The molecule has 0 spiro atoms. The van der Waals surface area contributed by atoms with E-state index in [-0.39, 0.29) is 11.5 Å². The summed E-state index contributed by atoms with van der Waals surface area (Å²) in [6, 6.07) is 6.83. The minimum atomic E-state index is -0.942. The number of benzene rings is 1. The van der Waals surface area contributed by atoms with E-state index in [1.54, 1.807) is 36.2 Å². The third kappa shape index (κ3) is 4.73. The van der Waals surface area contributed by atoms with Gasteiger partial charge in [-0.05, 0) is 24.5 Å². The molecule has 0 saturated carbocycles. The molecule has 0 atom stereocenters. The number of carboxylic acids is 1. The van der Waals surface area contributed by atoms with Gasteiger partial charge in [-0.1, -0.05) is 31.5 Å². The average Bonchev–Trinajstić information content (AvgIpc) is 2.42. The van der Waals surface area contributed by atoms with E-state index in [4.69, 9.17) is 5.11 Å². The zero-order valence-electron chi connectivity index (χ0n) is 11.6. The number of hydrogen-bond donors (Lipinski definition) is 1. The summed E-state index contributed by atoms with van der Waals surface area (Å²) in [7, 11) is 1.79. The van der Waals surface area contributed by atoms with E-state index in [9.17, 15) is 9.59 Å². The fourth-order valence-electron chi connectivity index (χ4n) is 1.90. The quantitative estimate of drug-likeness (QED) is 0.822. The summed E-state index contributed by atoms with van der Waals surface area (Å²) in [6.07, 6.45) is 2.87. The van der Waals surface area contributed by atoms with E-state index >= 15 is 0 Å². The fraction of sp³-hybridized carbons (Fsp3) is 0.467. The molecule has 19 heavy (non-hydrogen) atoms. The van der Waals surface area contributed by atoms with Crippen molar-refractivity contribution in [1.82, 2.24) is 4.90 Å². The highest BCUT2D eigenvalue weighted by Gasteiger charge is 2.12. The summed E-state index contributed by atoms with van der Waals surface area (Å²) < 4.78 is 0. The van der Waals surface area contributed by atoms with Crippen molar-refractivity contribution in [3.05, 3.63) is 35.4 Å². The molecule has 0 bridgehead atoms. The molecule has 1 rings (SSSR count). The number of hydrogen-bond acceptors (Lipinski definition) is 2. The first kappa shape index (κ1) is 15.2. The predicted molar refractivity (Wildman–Crippen MR) is 74.3 cm³/mol. The van der Waals surface area contributed by atoms with E-state index in [0.29, 0.717) is 18.4 Å². The maximum atomic E-state index is 11.9. The fourth-order valence-corrected chi connectivity index (χ4v) is 1.90. The lowest BCUT2D eigenvalue weighted by atomic mass is 10.0. The van der Waals surface area contributed by atoms with Gasteiger partial charge < -0.3 is 10.0 Å². The molecule has 0 aromatic heterocycles. The van der Waals surface area contributed by atoms with Crippen molar-refractivity contribution in [3.8, 4) is 0 Å². The van der Waals surface area contributed by atoms with Gasteiger partial charge in [-0.2, -0.15) is 0 Å². The van der Waals surface area contributed by atoms with Crippen LogP contribution >= 0.6 is 0 Å². The number of amides is 1. The van der Waals surface area contributed by atoms with Crippen molar-refractivity contribution < 1.29 is 14.7 Å². The van der Waals surface area contributed by atoms with Gasteiger partial charge in [0.05, 0.1) is 5.56 Å². The summed E-state index contributed by atoms with van der Waals surface area (Å²) in [4.78, 5) is 24.6. The molecule has 1 N–H and O–H groups in total. The normalized spacial score (nSPS) is 10.2. The number of aryl methyl sites for hydroxylation is 1. The highest BCUT2D eigenvalue weighted by molar-refractivity contribution is 5.89. The summed E-state index contributed by atoms with van der Waals surface area (Å²) >= 11 is 0. The molecule has 4 heteroatoms. The Morgan fingerprint density at radius 3 is 2.58 bits per heavy atom. The van der Waals surface area contributed by atoms with Crippen LogP contribution in [-0.4, -0.2) is 35.5 Å². The number of rotatable bonds is 7. The van der Waals surface area contributed by atoms with E-state index in [0.717, 1.165) is 19.4 Å². The lowest BCUT2D eigenvalue weighted by molar-refractivity contribution is -0.129. The van der Waals surface area contributed by atoms with Crippen LogP contribution in [0.1, 0.15) is 42.1 Å². The third-order valence-electron chi connectivity index (χ3n) is 3.13. The Kier molecular flexibility index (Phi) is 6.06. The molecule has 0 aliphatic heterocycles. The smallest absolute Gasteiger partial charge is 0.335 e. The second-order valence-electron chi connectivity index (χ2n) is 4.63. The summed E-state index contributed by atoms with van der Waals surface area (Å²) in [6.45, 7) is 2.84. The zero-order valence-corrected chi connectivity index (χ0v) is 11.6. The average molecular weight is 263 g/mol. The van der Waals surface area contributed by atoms with Gasteiger partial charge in [-0.25, -0.2) is 4.79 Å². The van der Waals surface area contributed by atoms with Gasteiger partial charge in [0, 0.05) is 20.0 Å². The molecule has 0 aliphatic carbocycles. The van der Waals surface area contributed by atoms with Crippen LogP contribution in [0.3, 0.4) is 0 Å². The lowest BCUT2D eigenvalue weighted by Gasteiger charge is -2.16. The molecule has 0 fully saturated rings. The molecular weight excluding hydrogens is 242 g/mol. The SMILES string of the molecule is CCCCN(C)C(=O)CCc1ccccc1C(=O)O. The Balaban J connectivity index is 2.57. The van der Waals surface area contributed by atoms with Crippen molar-refractivity contribution in [2.75, 3.05) is 13.6 Å². The van der Waals surface area contributed by atoms with Crippen molar-refractivity contribution in [1.29, 1.82) is 0 Å². The number of unbranched alkanes of at least 4 members (excludes halogenated alkanes) is 1. The standard InChI is InChI=1S/C15H21NO3/c1-3-4-11-16(2)14(17)10-9-12-7-5-6-8-13(12)15(18)19/h5-8H,3-4,9-11H2,1-2H3,(H,18,19). The Labute approximate surface area is 114 Å². The topological polar surface area (TPSA) is 57.6 Å². The molecule has 0 aliphatic rings. The van der Waals surface area contributed by atoms with Gasteiger partial charge in [0.2, 0.25) is 5.91 Å². The molecular formula is C15H21NO3. The van der Waals surface area contributed by atoms with Gasteiger partial charge in [-0.15, -0.1) is 0 Å². The Hall–Kier alpha value is -1.84. The van der Waals surface area contributed by atoms with E-state index in [2.05, 4.69) is 6.92 Å². The summed E-state index contributed by atoms with van der Waals surface area (Å²) in [5, 5.41) is 9.06. The lowest BCUT2D eigenvalue weighted by Crippen LogP contribution is -2.27. The zero-order chi connectivity index (χ0) is 14.3. The van der Waals surface area contributed by atoms with Crippen molar-refractivity contribution in [2.45, 2.75) is 32.6 Å². The summed E-state index contributed by atoms with van der Waals surface area (Å²) in [5.41, 5.74) is 0.999. The second-order valence-corrected chi connectivity index (χ2v) is 4.63. The molecule has 104 valence electrons. The van der Waals surface area contributed by atoms with Gasteiger partial charge in [0.1, 0.15) is 0 Å². The van der Waals surface area contributed by atoms with Crippen LogP contribution in [-0.2, 0) is 11.2 Å². The first-order valence-corrected chi connectivity index (χ1v) is 6.61. The molecule has 0 saturated heterocycles. The van der Waals surface area contributed by atoms with Crippen LogP contribution in [0.25, 0.3) is 0 Å². The van der Waals surface area contributed by atoms with Crippen LogP contribution < -0.4 is 0 Å². The number of aromatic carboxylic acids is 1. The van der Waals surface area contributed by atoms with Gasteiger partial charge in [-0.3, -0.25) is 4.79 Å². The highest BCUT2D eigenvalue weighted by atomic mass is 16.4. The molecule has 4 nitrogen and oxygen atoms in total. The maximum absolute atomic E-state index is 11.9. The first-order valence-electron chi connectivity index (χ1n) is 6.61. The number of carbonyl (C=O) groups is 2. The predicted octanol–water partition coefficient (Wildman–Crippen LogP) is 2.58. The molecule has 0 radical (unpaired) electrons. The van der Waals surface area contributed by atoms with Crippen LogP contribution in [0, 0.1) is 0 Å². The number of carbonyl (C=O) groups excluding carboxylic acids is 1. The number of carboxylic acid groups (broad SMARTS) is 1. The number of nitrogens with zero attached hydrogens (tertiary/aromatic N) is 1. The van der Waals surface area contributed by atoms with Crippen molar-refractivity contribution >= 4 is 11.9 Å². The van der Waals surface area contributed by atoms with Gasteiger partial charge in [0.15, 0.2) is 0 Å². The van der Waals surface area contributed by atoms with Crippen LogP contribution in [0.4, 0.5) is 0 Å². The maximum Gasteiger partial charge on any atom is 0.335 e. The van der Waals surface area contributed by atoms with Crippen LogP contribution in [0.5, 0.6) is 0 Å². The Morgan fingerprint density at radius 2 is 1.95 bits per heavy atom. The molecule has 0 unspecified atom stereocenters.